The van der Waals surface area contributed by atoms with Crippen molar-refractivity contribution in [3.05, 3.63) is 0 Å². The van der Waals surface area contributed by atoms with Gasteiger partial charge in [0, 0.05) is 12.5 Å². The Bertz CT molecular complexity index is 178. The lowest BCUT2D eigenvalue weighted by molar-refractivity contribution is -0.148. The lowest BCUT2D eigenvalue weighted by atomic mass is 10.2. The smallest absolute Gasteiger partial charge is 0.320 e. The fourth-order valence-corrected chi connectivity index (χ4v) is 1.24. The first-order valence-electron chi connectivity index (χ1n) is 5.23. The monoisotopic (exact) mass is 201 g/mol. The summed E-state index contributed by atoms with van der Waals surface area (Å²) < 4.78 is 10.3. The van der Waals surface area contributed by atoms with Gasteiger partial charge < -0.3 is 14.8 Å². The maximum absolute atomic E-state index is 11.3. The topological polar surface area (TPSA) is 47.6 Å². The van der Waals surface area contributed by atoms with Gasteiger partial charge in [-0.05, 0) is 13.3 Å². The van der Waals surface area contributed by atoms with E-state index in [9.17, 15) is 4.79 Å². The van der Waals surface area contributed by atoms with Crippen LogP contribution in [0.4, 0.5) is 0 Å². The van der Waals surface area contributed by atoms with Crippen molar-refractivity contribution in [3.8, 4) is 0 Å². The molecule has 14 heavy (non-hydrogen) atoms. The lowest BCUT2D eigenvalue weighted by Crippen LogP contribution is -2.33. The van der Waals surface area contributed by atoms with Crippen LogP contribution in [0.1, 0.15) is 26.7 Å². The first-order valence-corrected chi connectivity index (χ1v) is 5.23. The molecule has 1 aliphatic rings. The van der Waals surface area contributed by atoms with Crippen molar-refractivity contribution in [2.24, 2.45) is 0 Å². The fraction of sp³-hybridized carbons (Fsp3) is 0.900. The molecule has 4 heteroatoms. The molecule has 82 valence electrons. The summed E-state index contributed by atoms with van der Waals surface area (Å²) >= 11 is 0. The SMILES string of the molecule is CCC(C)NCC(=O)OC1CCOC1. The molecule has 1 N–H and O–H groups in total. The second kappa shape index (κ2) is 5.98. The van der Waals surface area contributed by atoms with Gasteiger partial charge in [0.25, 0.3) is 0 Å². The molecule has 0 aromatic heterocycles. The van der Waals surface area contributed by atoms with Crippen LogP contribution in [-0.2, 0) is 14.3 Å². The Morgan fingerprint density at radius 2 is 2.50 bits per heavy atom. The number of nitrogens with one attached hydrogen (secondary N) is 1. The average Bonchev–Trinajstić information content (AvgIpc) is 2.66. The quantitative estimate of drug-likeness (QED) is 0.665. The number of hydrogen-bond acceptors (Lipinski definition) is 4. The van der Waals surface area contributed by atoms with E-state index >= 15 is 0 Å². The van der Waals surface area contributed by atoms with Crippen molar-refractivity contribution in [3.63, 3.8) is 0 Å². The third-order valence-electron chi connectivity index (χ3n) is 2.39. The fourth-order valence-electron chi connectivity index (χ4n) is 1.24. The van der Waals surface area contributed by atoms with Gasteiger partial charge in [0.2, 0.25) is 0 Å². The van der Waals surface area contributed by atoms with Crippen molar-refractivity contribution in [2.45, 2.75) is 38.8 Å². The van der Waals surface area contributed by atoms with Gasteiger partial charge in [-0.2, -0.15) is 0 Å². The van der Waals surface area contributed by atoms with E-state index in [4.69, 9.17) is 9.47 Å². The van der Waals surface area contributed by atoms with Gasteiger partial charge in [0.15, 0.2) is 0 Å². The highest BCUT2D eigenvalue weighted by atomic mass is 16.6. The number of esters is 1. The maximum atomic E-state index is 11.3. The highest BCUT2D eigenvalue weighted by molar-refractivity contribution is 5.71. The highest BCUT2D eigenvalue weighted by Crippen LogP contribution is 2.07. The summed E-state index contributed by atoms with van der Waals surface area (Å²) in [5.74, 6) is -0.180. The molecule has 1 rings (SSSR count). The van der Waals surface area contributed by atoms with Crippen LogP contribution in [0, 0.1) is 0 Å². The minimum atomic E-state index is -0.180. The van der Waals surface area contributed by atoms with Crippen molar-refractivity contribution in [2.75, 3.05) is 19.8 Å². The summed E-state index contributed by atoms with van der Waals surface area (Å²) in [6, 6.07) is 0.363. The van der Waals surface area contributed by atoms with E-state index in [1.54, 1.807) is 0 Å². The molecule has 0 aliphatic carbocycles. The molecule has 4 nitrogen and oxygen atoms in total. The Hall–Kier alpha value is -0.610. The molecule has 0 bridgehead atoms. The Morgan fingerprint density at radius 1 is 1.71 bits per heavy atom. The summed E-state index contributed by atoms with van der Waals surface area (Å²) in [7, 11) is 0. The molecule has 0 amide bonds. The van der Waals surface area contributed by atoms with Crippen LogP contribution in [0.5, 0.6) is 0 Å². The van der Waals surface area contributed by atoms with Crippen LogP contribution < -0.4 is 5.32 Å². The van der Waals surface area contributed by atoms with E-state index in [-0.39, 0.29) is 12.1 Å². The van der Waals surface area contributed by atoms with Crippen molar-refractivity contribution in [1.82, 2.24) is 5.32 Å². The van der Waals surface area contributed by atoms with Gasteiger partial charge in [-0.25, -0.2) is 0 Å². The molecule has 1 fully saturated rings. The summed E-state index contributed by atoms with van der Waals surface area (Å²) in [5.41, 5.74) is 0. The Kier molecular flexibility index (Phi) is 4.90. The van der Waals surface area contributed by atoms with Gasteiger partial charge in [-0.3, -0.25) is 4.79 Å². The van der Waals surface area contributed by atoms with E-state index in [0.29, 0.717) is 25.8 Å². The van der Waals surface area contributed by atoms with Gasteiger partial charge in [-0.15, -0.1) is 0 Å². The zero-order valence-corrected chi connectivity index (χ0v) is 8.91. The summed E-state index contributed by atoms with van der Waals surface area (Å²) in [6.45, 7) is 5.68. The maximum Gasteiger partial charge on any atom is 0.320 e. The number of hydrogen-bond donors (Lipinski definition) is 1. The number of carbonyl (C=O) groups excluding carboxylic acids is 1. The average molecular weight is 201 g/mol. The van der Waals surface area contributed by atoms with Gasteiger partial charge in [0.05, 0.1) is 19.8 Å². The molecule has 1 saturated heterocycles. The number of ether oxygens (including phenoxy) is 2. The largest absolute Gasteiger partial charge is 0.459 e. The number of carbonyl (C=O) groups is 1. The first kappa shape index (κ1) is 11.5. The second-order valence-electron chi connectivity index (χ2n) is 3.67. The van der Waals surface area contributed by atoms with Crippen LogP contribution in [0.2, 0.25) is 0 Å². The molecule has 0 spiro atoms. The molecule has 0 aromatic carbocycles. The zero-order valence-electron chi connectivity index (χ0n) is 8.91. The van der Waals surface area contributed by atoms with E-state index in [1.165, 1.54) is 0 Å². The van der Waals surface area contributed by atoms with E-state index in [1.807, 2.05) is 6.92 Å². The Balaban J connectivity index is 2.09. The molecular formula is C10H19NO3. The van der Waals surface area contributed by atoms with Gasteiger partial charge in [0.1, 0.15) is 6.10 Å². The Morgan fingerprint density at radius 3 is 3.07 bits per heavy atom. The van der Waals surface area contributed by atoms with Crippen molar-refractivity contribution >= 4 is 5.97 Å². The van der Waals surface area contributed by atoms with Gasteiger partial charge >= 0.3 is 5.97 Å². The van der Waals surface area contributed by atoms with Crippen LogP contribution >= 0.6 is 0 Å². The normalized spacial score (nSPS) is 23.4. The molecule has 2 atom stereocenters. The van der Waals surface area contributed by atoms with Crippen LogP contribution in [0.3, 0.4) is 0 Å². The second-order valence-corrected chi connectivity index (χ2v) is 3.67. The highest BCUT2D eigenvalue weighted by Gasteiger charge is 2.19. The predicted octanol–water partition coefficient (Wildman–Crippen LogP) is 0.707. The molecule has 0 aromatic rings. The van der Waals surface area contributed by atoms with Crippen LogP contribution in [0.25, 0.3) is 0 Å². The zero-order chi connectivity index (χ0) is 10.4. The van der Waals surface area contributed by atoms with Crippen molar-refractivity contribution < 1.29 is 14.3 Å². The molecule has 1 aliphatic heterocycles. The molecular weight excluding hydrogens is 182 g/mol. The Labute approximate surface area is 85.0 Å². The minimum Gasteiger partial charge on any atom is -0.459 e. The summed E-state index contributed by atoms with van der Waals surface area (Å²) in [4.78, 5) is 11.3. The third-order valence-corrected chi connectivity index (χ3v) is 2.39. The molecule has 0 radical (unpaired) electrons. The van der Waals surface area contributed by atoms with E-state index in [0.717, 1.165) is 12.8 Å². The van der Waals surface area contributed by atoms with Crippen molar-refractivity contribution in [1.29, 1.82) is 0 Å². The van der Waals surface area contributed by atoms with E-state index < -0.39 is 0 Å². The third kappa shape index (κ3) is 4.07. The molecule has 2 unspecified atom stereocenters. The lowest BCUT2D eigenvalue weighted by Gasteiger charge is -2.13. The molecule has 1 heterocycles. The number of rotatable bonds is 5. The van der Waals surface area contributed by atoms with E-state index in [2.05, 4.69) is 12.2 Å². The summed E-state index contributed by atoms with van der Waals surface area (Å²) in [6.07, 6.45) is 1.82. The van der Waals surface area contributed by atoms with Gasteiger partial charge in [-0.1, -0.05) is 6.92 Å². The predicted molar refractivity (Wildman–Crippen MR) is 53.1 cm³/mol. The minimum absolute atomic E-state index is 0.0266. The standard InChI is InChI=1S/C10H19NO3/c1-3-8(2)11-6-10(12)14-9-4-5-13-7-9/h8-9,11H,3-7H2,1-2H3. The molecule has 0 saturated carbocycles. The van der Waals surface area contributed by atoms with Crippen LogP contribution in [-0.4, -0.2) is 37.9 Å². The first-order chi connectivity index (χ1) is 6.72. The van der Waals surface area contributed by atoms with Crippen LogP contribution in [0.15, 0.2) is 0 Å². The summed E-state index contributed by atoms with van der Waals surface area (Å²) in [5, 5.41) is 3.09.